The number of fused-ring (bicyclic) bond motifs is 1. The molecule has 0 saturated carbocycles. The van der Waals surface area contributed by atoms with Crippen molar-refractivity contribution in [3.05, 3.63) is 81.7 Å². The number of rotatable bonds is 5. The van der Waals surface area contributed by atoms with Crippen LogP contribution in [0.3, 0.4) is 0 Å². The van der Waals surface area contributed by atoms with Gasteiger partial charge in [-0.1, -0.05) is 42.5 Å². The van der Waals surface area contributed by atoms with Crippen LogP contribution in [0.2, 0.25) is 0 Å². The summed E-state index contributed by atoms with van der Waals surface area (Å²) in [5, 5.41) is 2.48. The molecule has 146 valence electrons. The second kappa shape index (κ2) is 7.64. The smallest absolute Gasteiger partial charge is 0.263 e. The summed E-state index contributed by atoms with van der Waals surface area (Å²) in [7, 11) is 1.62. The van der Waals surface area contributed by atoms with Crippen molar-refractivity contribution < 1.29 is 9.53 Å². The molecular weight excluding hydrogens is 384 g/mol. The highest BCUT2D eigenvalue weighted by molar-refractivity contribution is 7.17. The maximum absolute atomic E-state index is 13.5. The Morgan fingerprint density at radius 3 is 2.45 bits per heavy atom. The third kappa shape index (κ3) is 3.36. The monoisotopic (exact) mass is 404 g/mol. The van der Waals surface area contributed by atoms with Crippen molar-refractivity contribution in [1.29, 1.82) is 0 Å². The minimum atomic E-state index is -0.648. The van der Waals surface area contributed by atoms with Gasteiger partial charge >= 0.3 is 0 Å². The molecule has 4 rings (SSSR count). The number of hydrogen-bond donors (Lipinski definition) is 0. The minimum Gasteiger partial charge on any atom is -0.497 e. The molecule has 5 nitrogen and oxygen atoms in total. The lowest BCUT2D eigenvalue weighted by molar-refractivity contribution is 0.0931. The van der Waals surface area contributed by atoms with Gasteiger partial charge in [0.05, 0.1) is 18.5 Å². The summed E-state index contributed by atoms with van der Waals surface area (Å²) in [6, 6.07) is 15.9. The summed E-state index contributed by atoms with van der Waals surface area (Å²) in [4.78, 5) is 31.7. The average molecular weight is 404 g/mol. The number of aryl methyl sites for hydroxylation is 1. The number of ketones is 1. The third-order valence-corrected chi connectivity index (χ3v) is 5.91. The van der Waals surface area contributed by atoms with Crippen LogP contribution in [0.4, 0.5) is 0 Å². The molecule has 0 fully saturated rings. The molecule has 0 radical (unpaired) electrons. The predicted molar refractivity (Wildman–Crippen MR) is 116 cm³/mol. The highest BCUT2D eigenvalue weighted by Crippen LogP contribution is 2.32. The normalized spacial score (nSPS) is 12.1. The van der Waals surface area contributed by atoms with Crippen LogP contribution in [0.1, 0.15) is 29.1 Å². The summed E-state index contributed by atoms with van der Waals surface area (Å²) in [5.41, 5.74) is 2.11. The van der Waals surface area contributed by atoms with Crippen molar-refractivity contribution in [2.45, 2.75) is 19.9 Å². The van der Waals surface area contributed by atoms with Gasteiger partial charge in [0.25, 0.3) is 5.56 Å². The van der Waals surface area contributed by atoms with Crippen LogP contribution >= 0.6 is 11.3 Å². The van der Waals surface area contributed by atoms with E-state index in [-0.39, 0.29) is 11.3 Å². The maximum Gasteiger partial charge on any atom is 0.263 e. The molecule has 29 heavy (non-hydrogen) atoms. The molecule has 0 aliphatic rings. The Hall–Kier alpha value is -3.25. The largest absolute Gasteiger partial charge is 0.497 e. The van der Waals surface area contributed by atoms with E-state index in [1.54, 1.807) is 33.1 Å². The molecule has 0 N–H and O–H groups in total. The number of hydrogen-bond acceptors (Lipinski definition) is 5. The number of methoxy groups -OCH3 is 1. The van der Waals surface area contributed by atoms with Crippen molar-refractivity contribution in [3.8, 4) is 16.9 Å². The zero-order valence-corrected chi connectivity index (χ0v) is 17.2. The SMILES string of the molecule is COc1ccc(-c2csc3nc(C)n(C(C)C(=O)c4ccccc4)c(=O)c23)cc1. The summed E-state index contributed by atoms with van der Waals surface area (Å²) >= 11 is 1.43. The second-order valence-electron chi connectivity index (χ2n) is 6.80. The van der Waals surface area contributed by atoms with Crippen molar-refractivity contribution >= 4 is 27.3 Å². The molecule has 4 aromatic rings. The van der Waals surface area contributed by atoms with E-state index in [0.717, 1.165) is 16.9 Å². The standard InChI is InChI=1S/C23H20N2O3S/c1-14(21(26)17-7-5-4-6-8-17)25-15(2)24-22-20(23(25)27)19(13-29-22)16-9-11-18(28-3)12-10-16/h4-14H,1-3H3. The van der Waals surface area contributed by atoms with E-state index in [1.165, 1.54) is 15.9 Å². The van der Waals surface area contributed by atoms with E-state index in [4.69, 9.17) is 4.74 Å². The quantitative estimate of drug-likeness (QED) is 0.445. The number of thiophene rings is 1. The maximum atomic E-state index is 13.5. The zero-order chi connectivity index (χ0) is 20.5. The Morgan fingerprint density at radius 2 is 1.79 bits per heavy atom. The van der Waals surface area contributed by atoms with Crippen molar-refractivity contribution in [2.24, 2.45) is 0 Å². The number of aromatic nitrogens is 2. The molecule has 0 spiro atoms. The molecule has 6 heteroatoms. The van der Waals surface area contributed by atoms with E-state index in [1.807, 2.05) is 47.8 Å². The summed E-state index contributed by atoms with van der Waals surface area (Å²) in [5.74, 6) is 1.17. The highest BCUT2D eigenvalue weighted by atomic mass is 32.1. The van der Waals surface area contributed by atoms with Gasteiger partial charge in [0, 0.05) is 16.5 Å². The molecule has 2 heterocycles. The first-order chi connectivity index (χ1) is 14.0. The van der Waals surface area contributed by atoms with Crippen LogP contribution in [-0.4, -0.2) is 22.4 Å². The van der Waals surface area contributed by atoms with E-state index in [2.05, 4.69) is 4.98 Å². The zero-order valence-electron chi connectivity index (χ0n) is 16.4. The first-order valence-electron chi connectivity index (χ1n) is 9.25. The Labute approximate surface area is 172 Å². The molecule has 1 atom stereocenters. The molecule has 1 unspecified atom stereocenters. The van der Waals surface area contributed by atoms with E-state index >= 15 is 0 Å². The van der Waals surface area contributed by atoms with Gasteiger partial charge in [-0.3, -0.25) is 14.2 Å². The lowest BCUT2D eigenvalue weighted by Gasteiger charge is -2.17. The van der Waals surface area contributed by atoms with Crippen LogP contribution in [0.15, 0.2) is 64.8 Å². The van der Waals surface area contributed by atoms with E-state index < -0.39 is 6.04 Å². The van der Waals surface area contributed by atoms with Crippen molar-refractivity contribution in [2.75, 3.05) is 7.11 Å². The second-order valence-corrected chi connectivity index (χ2v) is 7.66. The molecule has 0 aliphatic heterocycles. The fourth-order valence-corrected chi connectivity index (χ4v) is 4.49. The third-order valence-electron chi connectivity index (χ3n) is 5.04. The van der Waals surface area contributed by atoms with Gasteiger partial charge in [0.15, 0.2) is 5.78 Å². The molecule has 2 aromatic heterocycles. The number of nitrogens with zero attached hydrogens (tertiary/aromatic N) is 2. The first-order valence-corrected chi connectivity index (χ1v) is 10.1. The predicted octanol–water partition coefficient (Wildman–Crippen LogP) is 4.89. The van der Waals surface area contributed by atoms with Gasteiger partial charge in [-0.15, -0.1) is 11.3 Å². The topological polar surface area (TPSA) is 61.2 Å². The van der Waals surface area contributed by atoms with Crippen LogP contribution in [-0.2, 0) is 0 Å². The van der Waals surface area contributed by atoms with Crippen molar-refractivity contribution in [1.82, 2.24) is 9.55 Å². The summed E-state index contributed by atoms with van der Waals surface area (Å²) in [6.07, 6.45) is 0. The van der Waals surface area contributed by atoms with Gasteiger partial charge < -0.3 is 4.74 Å². The first kappa shape index (κ1) is 19.1. The fraction of sp³-hybridized carbons (Fsp3) is 0.174. The molecule has 0 amide bonds. The Morgan fingerprint density at radius 1 is 1.10 bits per heavy atom. The lowest BCUT2D eigenvalue weighted by atomic mass is 10.0. The Kier molecular flexibility index (Phi) is 5.03. The molecular formula is C23H20N2O3S. The van der Waals surface area contributed by atoms with Gasteiger partial charge in [-0.25, -0.2) is 4.98 Å². The van der Waals surface area contributed by atoms with Gasteiger partial charge in [0.2, 0.25) is 0 Å². The highest BCUT2D eigenvalue weighted by Gasteiger charge is 2.23. The van der Waals surface area contributed by atoms with Crippen LogP contribution in [0.25, 0.3) is 21.3 Å². The van der Waals surface area contributed by atoms with E-state index in [9.17, 15) is 9.59 Å². The van der Waals surface area contributed by atoms with Gasteiger partial charge in [-0.2, -0.15) is 0 Å². The summed E-state index contributed by atoms with van der Waals surface area (Å²) in [6.45, 7) is 3.51. The number of ether oxygens (including phenoxy) is 1. The fourth-order valence-electron chi connectivity index (χ4n) is 3.50. The van der Waals surface area contributed by atoms with Gasteiger partial charge in [0.1, 0.15) is 16.4 Å². The number of benzene rings is 2. The number of carbonyl (C=O) groups is 1. The Balaban J connectivity index is 1.85. The Bertz CT molecular complexity index is 1240. The molecule has 0 aliphatic carbocycles. The average Bonchev–Trinajstić information content (AvgIpc) is 3.17. The lowest BCUT2D eigenvalue weighted by Crippen LogP contribution is -2.31. The molecule has 0 saturated heterocycles. The molecule has 0 bridgehead atoms. The number of carbonyl (C=O) groups excluding carboxylic acids is 1. The van der Waals surface area contributed by atoms with Crippen LogP contribution in [0, 0.1) is 6.92 Å². The molecule has 2 aromatic carbocycles. The van der Waals surface area contributed by atoms with Crippen molar-refractivity contribution in [3.63, 3.8) is 0 Å². The summed E-state index contributed by atoms with van der Waals surface area (Å²) < 4.78 is 6.72. The van der Waals surface area contributed by atoms with Crippen LogP contribution in [0.5, 0.6) is 5.75 Å². The number of Topliss-reactive ketones (excluding diaryl/α,β-unsaturated/α-hetero) is 1. The minimum absolute atomic E-state index is 0.113. The van der Waals surface area contributed by atoms with E-state index in [0.29, 0.717) is 21.6 Å². The van der Waals surface area contributed by atoms with Gasteiger partial charge in [-0.05, 0) is 31.5 Å². The van der Waals surface area contributed by atoms with Crippen LogP contribution < -0.4 is 10.3 Å².